The summed E-state index contributed by atoms with van der Waals surface area (Å²) in [7, 11) is 1.62. The zero-order valence-corrected chi connectivity index (χ0v) is 18.9. The molecule has 2 aromatic carbocycles. The van der Waals surface area contributed by atoms with Gasteiger partial charge in [0.1, 0.15) is 16.4 Å². The fraction of sp³-hybridized carbons (Fsp3) is 0.174. The molecule has 0 fully saturated rings. The van der Waals surface area contributed by atoms with Gasteiger partial charge in [0.2, 0.25) is 5.91 Å². The van der Waals surface area contributed by atoms with E-state index in [4.69, 9.17) is 4.74 Å². The molecule has 2 aromatic heterocycles. The number of methoxy groups -OCH3 is 1. The number of fused-ring (bicyclic) bond motifs is 1. The van der Waals surface area contributed by atoms with Crippen LogP contribution in [0.1, 0.15) is 10.4 Å². The molecule has 0 bridgehead atoms. The minimum absolute atomic E-state index is 0.112. The van der Waals surface area contributed by atoms with Gasteiger partial charge in [0.25, 0.3) is 5.56 Å². The van der Waals surface area contributed by atoms with Gasteiger partial charge in [0, 0.05) is 21.0 Å². The topological polar surface area (TPSA) is 84.1 Å². The molecule has 0 saturated carbocycles. The molecule has 4 aromatic rings. The number of aromatic nitrogens is 2. The van der Waals surface area contributed by atoms with E-state index < -0.39 is 0 Å². The van der Waals surface area contributed by atoms with Crippen LogP contribution >= 0.6 is 23.1 Å². The highest BCUT2D eigenvalue weighted by atomic mass is 32.2. The molecule has 8 heteroatoms. The molecule has 0 aliphatic rings. The molecule has 4 rings (SSSR count). The summed E-state index contributed by atoms with van der Waals surface area (Å²) >= 11 is 2.96. The summed E-state index contributed by atoms with van der Waals surface area (Å²) in [4.78, 5) is 35.3. The third-order valence-electron chi connectivity index (χ3n) is 4.89. The van der Waals surface area contributed by atoms with Gasteiger partial charge in [-0.15, -0.1) is 23.1 Å². The molecular formula is C23H21N3O3S2. The van der Waals surface area contributed by atoms with Gasteiger partial charge >= 0.3 is 0 Å². The van der Waals surface area contributed by atoms with Crippen molar-refractivity contribution < 1.29 is 9.53 Å². The van der Waals surface area contributed by atoms with Gasteiger partial charge in [-0.25, -0.2) is 4.98 Å². The number of H-pyrrole nitrogens is 1. The van der Waals surface area contributed by atoms with Crippen LogP contribution in [0, 0.1) is 13.8 Å². The lowest BCUT2D eigenvalue weighted by Crippen LogP contribution is -2.14. The van der Waals surface area contributed by atoms with Crippen molar-refractivity contribution in [2.45, 2.75) is 18.7 Å². The lowest BCUT2D eigenvalue weighted by molar-refractivity contribution is -0.113. The molecule has 0 unspecified atom stereocenters. The normalized spacial score (nSPS) is 10.9. The quantitative estimate of drug-likeness (QED) is 0.403. The van der Waals surface area contributed by atoms with E-state index in [1.54, 1.807) is 7.11 Å². The number of nitrogens with one attached hydrogen (secondary N) is 2. The third-order valence-corrected chi connectivity index (χ3v) is 7.00. The lowest BCUT2D eigenvalue weighted by Gasteiger charge is -2.08. The molecule has 0 saturated heterocycles. The summed E-state index contributed by atoms with van der Waals surface area (Å²) in [6, 6.07) is 14.9. The van der Waals surface area contributed by atoms with Crippen molar-refractivity contribution in [3.8, 4) is 17.1 Å². The summed E-state index contributed by atoms with van der Waals surface area (Å²) in [5, 5.41) is 3.55. The van der Waals surface area contributed by atoms with Crippen molar-refractivity contribution in [1.82, 2.24) is 9.97 Å². The molecule has 2 heterocycles. The van der Waals surface area contributed by atoms with E-state index in [0.29, 0.717) is 16.9 Å². The number of nitrogens with zero attached hydrogens (tertiary/aromatic N) is 1. The Morgan fingerprint density at radius 3 is 2.71 bits per heavy atom. The third kappa shape index (κ3) is 4.65. The van der Waals surface area contributed by atoms with Gasteiger partial charge in [0.15, 0.2) is 0 Å². The number of rotatable bonds is 6. The monoisotopic (exact) mass is 451 g/mol. The van der Waals surface area contributed by atoms with Crippen LogP contribution in [0.15, 0.2) is 58.2 Å². The number of benzene rings is 2. The number of hydrogen-bond acceptors (Lipinski definition) is 6. The van der Waals surface area contributed by atoms with Crippen LogP contribution in [0.3, 0.4) is 0 Å². The first-order chi connectivity index (χ1) is 14.9. The van der Waals surface area contributed by atoms with Crippen molar-refractivity contribution in [1.29, 1.82) is 0 Å². The average molecular weight is 452 g/mol. The maximum absolute atomic E-state index is 12.6. The molecule has 0 atom stereocenters. The maximum Gasteiger partial charge on any atom is 0.260 e. The second-order valence-corrected chi connectivity index (χ2v) is 9.22. The Labute approximate surface area is 187 Å². The second kappa shape index (κ2) is 8.95. The van der Waals surface area contributed by atoms with Gasteiger partial charge in [-0.3, -0.25) is 9.59 Å². The predicted molar refractivity (Wildman–Crippen MR) is 127 cm³/mol. The zero-order valence-electron chi connectivity index (χ0n) is 17.3. The first-order valence-corrected chi connectivity index (χ1v) is 11.4. The van der Waals surface area contributed by atoms with E-state index in [1.165, 1.54) is 23.1 Å². The van der Waals surface area contributed by atoms with E-state index in [2.05, 4.69) is 15.3 Å². The van der Waals surface area contributed by atoms with Crippen molar-refractivity contribution in [3.05, 3.63) is 69.3 Å². The highest BCUT2D eigenvalue weighted by Crippen LogP contribution is 2.28. The van der Waals surface area contributed by atoms with Gasteiger partial charge < -0.3 is 15.0 Å². The predicted octanol–water partition coefficient (Wildman–Crippen LogP) is 5.01. The fourth-order valence-corrected chi connectivity index (χ4v) is 4.88. The number of aryl methyl sites for hydroxylation is 2. The van der Waals surface area contributed by atoms with Crippen LogP contribution < -0.4 is 15.6 Å². The Morgan fingerprint density at radius 2 is 1.97 bits per heavy atom. The molecule has 0 aliphatic carbocycles. The van der Waals surface area contributed by atoms with Gasteiger partial charge in [-0.05, 0) is 55.8 Å². The number of thioether (sulfide) groups is 1. The largest absolute Gasteiger partial charge is 0.497 e. The van der Waals surface area contributed by atoms with Crippen LogP contribution in [0.5, 0.6) is 5.75 Å². The van der Waals surface area contributed by atoms with Gasteiger partial charge in [-0.1, -0.05) is 12.1 Å². The van der Waals surface area contributed by atoms with E-state index in [9.17, 15) is 9.59 Å². The first kappa shape index (κ1) is 21.1. The summed E-state index contributed by atoms with van der Waals surface area (Å²) in [6.45, 7) is 3.92. The molecule has 0 radical (unpaired) electrons. The minimum atomic E-state index is -0.146. The van der Waals surface area contributed by atoms with Crippen molar-refractivity contribution >= 4 is 44.9 Å². The number of ether oxygens (including phenoxy) is 1. The maximum atomic E-state index is 12.6. The van der Waals surface area contributed by atoms with Crippen molar-refractivity contribution in [2.24, 2.45) is 0 Å². The number of hydrogen-bond donors (Lipinski definition) is 2. The number of thiophene rings is 1. The molecule has 2 N–H and O–H groups in total. The van der Waals surface area contributed by atoms with Crippen LogP contribution in [-0.2, 0) is 4.79 Å². The van der Waals surface area contributed by atoms with E-state index in [1.807, 2.05) is 62.4 Å². The fourth-order valence-electron chi connectivity index (χ4n) is 3.15. The van der Waals surface area contributed by atoms with E-state index in [0.717, 1.165) is 31.5 Å². The minimum Gasteiger partial charge on any atom is -0.497 e. The Kier molecular flexibility index (Phi) is 6.11. The van der Waals surface area contributed by atoms with Crippen LogP contribution in [0.2, 0.25) is 0 Å². The molecule has 6 nitrogen and oxygen atoms in total. The number of aromatic amines is 1. The highest BCUT2D eigenvalue weighted by molar-refractivity contribution is 8.00. The summed E-state index contributed by atoms with van der Waals surface area (Å²) < 4.78 is 5.14. The van der Waals surface area contributed by atoms with Crippen molar-refractivity contribution in [2.75, 3.05) is 18.2 Å². The average Bonchev–Trinajstić information content (AvgIpc) is 3.06. The molecule has 31 heavy (non-hydrogen) atoms. The van der Waals surface area contributed by atoms with Crippen molar-refractivity contribution in [3.63, 3.8) is 0 Å². The zero-order chi connectivity index (χ0) is 22.0. The first-order valence-electron chi connectivity index (χ1n) is 9.62. The molecule has 158 valence electrons. The highest BCUT2D eigenvalue weighted by Gasteiger charge is 2.13. The Bertz CT molecular complexity index is 1310. The Morgan fingerprint density at radius 1 is 1.19 bits per heavy atom. The number of anilines is 1. The van der Waals surface area contributed by atoms with Gasteiger partial charge in [-0.2, -0.15) is 0 Å². The molecular weight excluding hydrogens is 430 g/mol. The van der Waals surface area contributed by atoms with E-state index in [-0.39, 0.29) is 17.2 Å². The van der Waals surface area contributed by atoms with E-state index >= 15 is 0 Å². The number of amides is 1. The Hall–Kier alpha value is -3.10. The molecule has 1 amide bonds. The van der Waals surface area contributed by atoms with Crippen LogP contribution in [-0.4, -0.2) is 28.7 Å². The molecule has 0 spiro atoms. The number of carbonyl (C=O) groups excluding carboxylic acids is 1. The van der Waals surface area contributed by atoms with Crippen LogP contribution in [0.25, 0.3) is 21.6 Å². The molecule has 0 aliphatic heterocycles. The Balaban J connectivity index is 1.48. The summed E-state index contributed by atoms with van der Waals surface area (Å²) in [6.07, 6.45) is 0. The summed E-state index contributed by atoms with van der Waals surface area (Å²) in [5.74, 6) is 1.44. The van der Waals surface area contributed by atoms with Gasteiger partial charge in [0.05, 0.1) is 18.2 Å². The number of carbonyl (C=O) groups is 1. The second-order valence-electron chi connectivity index (χ2n) is 6.97. The SMILES string of the molecule is COc1ccc(SCC(=O)Nc2cccc(-c3nc4sc(C)c(C)c4c(=O)[nH]3)c2)cc1. The lowest BCUT2D eigenvalue weighted by atomic mass is 10.1. The smallest absolute Gasteiger partial charge is 0.260 e. The standard InChI is InChI=1S/C23H21N3O3S2/c1-13-14(2)31-23-20(13)22(28)25-21(26-23)15-5-4-6-16(11-15)24-19(27)12-30-18-9-7-17(29-3)8-10-18/h4-11H,12H2,1-3H3,(H,24,27)(H,25,26,28). The van der Waals surface area contributed by atoms with Crippen LogP contribution in [0.4, 0.5) is 5.69 Å². The summed E-state index contributed by atoms with van der Waals surface area (Å²) in [5.41, 5.74) is 2.21.